The van der Waals surface area contributed by atoms with Gasteiger partial charge in [0.2, 0.25) is 0 Å². The molecule has 0 amide bonds. The maximum atomic E-state index is 8.83. The smallest absolute Gasteiger partial charge is 0.0926 e. The van der Waals surface area contributed by atoms with Gasteiger partial charge in [0, 0.05) is 6.20 Å². The first kappa shape index (κ1) is 8.66. The Morgan fingerprint density at radius 1 is 1.50 bits per heavy atom. The van der Waals surface area contributed by atoms with E-state index in [-0.39, 0.29) is 11.8 Å². The van der Waals surface area contributed by atoms with Gasteiger partial charge < -0.3 is 0 Å². The highest BCUT2D eigenvalue weighted by Gasteiger charge is 2.15. The molecular formula is C9H11N3. The van der Waals surface area contributed by atoms with E-state index in [2.05, 4.69) is 16.3 Å². The SMILES string of the molecule is CC(C)C(C#N)c1cccnn1. The average molecular weight is 161 g/mol. The van der Waals surface area contributed by atoms with Crippen LogP contribution in [0, 0.1) is 17.2 Å². The van der Waals surface area contributed by atoms with E-state index in [1.54, 1.807) is 12.3 Å². The molecule has 0 spiro atoms. The molecule has 0 aliphatic rings. The Bertz CT molecular complexity index is 274. The second-order valence-electron chi connectivity index (χ2n) is 3.00. The van der Waals surface area contributed by atoms with Gasteiger partial charge in [0.1, 0.15) is 0 Å². The van der Waals surface area contributed by atoms with Gasteiger partial charge in [-0.3, -0.25) is 0 Å². The average Bonchev–Trinajstić information content (AvgIpc) is 2.07. The highest BCUT2D eigenvalue weighted by atomic mass is 15.1. The Morgan fingerprint density at radius 3 is 2.67 bits per heavy atom. The fourth-order valence-corrected chi connectivity index (χ4v) is 1.04. The summed E-state index contributed by atoms with van der Waals surface area (Å²) in [6.45, 7) is 4.01. The summed E-state index contributed by atoms with van der Waals surface area (Å²) in [5.41, 5.74) is 0.759. The fraction of sp³-hybridized carbons (Fsp3) is 0.444. The summed E-state index contributed by atoms with van der Waals surface area (Å²) in [6, 6.07) is 5.85. The van der Waals surface area contributed by atoms with Crippen molar-refractivity contribution in [3.63, 3.8) is 0 Å². The van der Waals surface area contributed by atoms with Gasteiger partial charge in [-0.2, -0.15) is 15.5 Å². The molecule has 0 aliphatic heterocycles. The van der Waals surface area contributed by atoms with Crippen LogP contribution >= 0.6 is 0 Å². The second kappa shape index (κ2) is 3.82. The van der Waals surface area contributed by atoms with Crippen molar-refractivity contribution in [3.05, 3.63) is 24.0 Å². The molecule has 62 valence electrons. The third kappa shape index (κ3) is 1.79. The molecule has 1 atom stereocenters. The fourth-order valence-electron chi connectivity index (χ4n) is 1.04. The number of hydrogen-bond donors (Lipinski definition) is 0. The van der Waals surface area contributed by atoms with Crippen LogP contribution in [0.2, 0.25) is 0 Å². The molecule has 0 aromatic carbocycles. The lowest BCUT2D eigenvalue weighted by molar-refractivity contribution is 0.569. The Labute approximate surface area is 72.1 Å². The Kier molecular flexibility index (Phi) is 2.76. The summed E-state index contributed by atoms with van der Waals surface area (Å²) in [7, 11) is 0. The highest BCUT2D eigenvalue weighted by Crippen LogP contribution is 2.20. The van der Waals surface area contributed by atoms with E-state index >= 15 is 0 Å². The van der Waals surface area contributed by atoms with Gasteiger partial charge in [-0.15, -0.1) is 0 Å². The van der Waals surface area contributed by atoms with E-state index in [1.165, 1.54) is 0 Å². The highest BCUT2D eigenvalue weighted by molar-refractivity contribution is 5.15. The lowest BCUT2D eigenvalue weighted by Crippen LogP contribution is -2.06. The van der Waals surface area contributed by atoms with Crippen molar-refractivity contribution in [2.24, 2.45) is 5.92 Å². The van der Waals surface area contributed by atoms with Crippen LogP contribution in [0.25, 0.3) is 0 Å². The minimum atomic E-state index is -0.140. The minimum absolute atomic E-state index is 0.140. The Balaban J connectivity index is 2.90. The first-order valence-corrected chi connectivity index (χ1v) is 3.93. The zero-order valence-corrected chi connectivity index (χ0v) is 7.23. The molecule has 12 heavy (non-hydrogen) atoms. The van der Waals surface area contributed by atoms with Crippen LogP contribution in [0.15, 0.2) is 18.3 Å². The number of aromatic nitrogens is 2. The van der Waals surface area contributed by atoms with E-state index < -0.39 is 0 Å². The van der Waals surface area contributed by atoms with Gasteiger partial charge >= 0.3 is 0 Å². The van der Waals surface area contributed by atoms with Crippen LogP contribution in [0.1, 0.15) is 25.5 Å². The van der Waals surface area contributed by atoms with Gasteiger partial charge in [0.05, 0.1) is 17.7 Å². The summed E-state index contributed by atoms with van der Waals surface area (Å²) in [5, 5.41) is 16.5. The summed E-state index contributed by atoms with van der Waals surface area (Å²) in [4.78, 5) is 0. The molecule has 1 heterocycles. The van der Waals surface area contributed by atoms with E-state index in [9.17, 15) is 0 Å². The van der Waals surface area contributed by atoms with Crippen LogP contribution in [0.5, 0.6) is 0 Å². The van der Waals surface area contributed by atoms with Crippen LogP contribution in [-0.2, 0) is 0 Å². The van der Waals surface area contributed by atoms with Gasteiger partial charge in [-0.1, -0.05) is 13.8 Å². The molecule has 0 bridgehead atoms. The van der Waals surface area contributed by atoms with Crippen molar-refractivity contribution in [1.82, 2.24) is 10.2 Å². The molecule has 1 aromatic heterocycles. The van der Waals surface area contributed by atoms with Crippen LogP contribution in [0.3, 0.4) is 0 Å². The van der Waals surface area contributed by atoms with Gasteiger partial charge in [0.25, 0.3) is 0 Å². The maximum absolute atomic E-state index is 8.83. The lowest BCUT2D eigenvalue weighted by atomic mass is 9.94. The van der Waals surface area contributed by atoms with E-state index in [4.69, 9.17) is 5.26 Å². The molecule has 0 saturated heterocycles. The van der Waals surface area contributed by atoms with E-state index in [1.807, 2.05) is 19.9 Å². The molecule has 3 heteroatoms. The van der Waals surface area contributed by atoms with Crippen LogP contribution < -0.4 is 0 Å². The second-order valence-corrected chi connectivity index (χ2v) is 3.00. The number of rotatable bonds is 2. The van der Waals surface area contributed by atoms with Gasteiger partial charge in [-0.05, 0) is 18.1 Å². The van der Waals surface area contributed by atoms with E-state index in [0.29, 0.717) is 0 Å². The lowest BCUT2D eigenvalue weighted by Gasteiger charge is -2.10. The maximum Gasteiger partial charge on any atom is 0.0926 e. The molecule has 1 rings (SSSR count). The summed E-state index contributed by atoms with van der Waals surface area (Å²) < 4.78 is 0. The first-order valence-electron chi connectivity index (χ1n) is 3.93. The minimum Gasteiger partial charge on any atom is -0.198 e. The molecular weight excluding hydrogens is 150 g/mol. The zero-order chi connectivity index (χ0) is 8.97. The first-order chi connectivity index (χ1) is 5.75. The molecule has 0 N–H and O–H groups in total. The van der Waals surface area contributed by atoms with Gasteiger partial charge in [-0.25, -0.2) is 0 Å². The van der Waals surface area contributed by atoms with Crippen LogP contribution in [0.4, 0.5) is 0 Å². The van der Waals surface area contributed by atoms with Crippen molar-refractivity contribution in [1.29, 1.82) is 5.26 Å². The molecule has 0 saturated carbocycles. The Morgan fingerprint density at radius 2 is 2.25 bits per heavy atom. The molecule has 1 unspecified atom stereocenters. The van der Waals surface area contributed by atoms with Crippen molar-refractivity contribution in [2.75, 3.05) is 0 Å². The predicted molar refractivity (Wildman–Crippen MR) is 45.2 cm³/mol. The number of hydrogen-bond acceptors (Lipinski definition) is 3. The van der Waals surface area contributed by atoms with Crippen LogP contribution in [-0.4, -0.2) is 10.2 Å². The number of nitriles is 1. The largest absolute Gasteiger partial charge is 0.198 e. The van der Waals surface area contributed by atoms with Crippen molar-refractivity contribution >= 4 is 0 Å². The topological polar surface area (TPSA) is 49.6 Å². The summed E-state index contributed by atoms with van der Waals surface area (Å²) in [5.74, 6) is 0.144. The molecule has 1 aromatic rings. The normalized spacial score (nSPS) is 12.5. The van der Waals surface area contributed by atoms with Crippen molar-refractivity contribution < 1.29 is 0 Å². The molecule has 0 radical (unpaired) electrons. The van der Waals surface area contributed by atoms with Gasteiger partial charge in [0.15, 0.2) is 0 Å². The molecule has 3 nitrogen and oxygen atoms in total. The standard InChI is InChI=1S/C9H11N3/c1-7(2)8(6-10)9-4-3-5-11-12-9/h3-5,7-8H,1-2H3. The number of nitrogens with zero attached hydrogens (tertiary/aromatic N) is 3. The third-order valence-corrected chi connectivity index (χ3v) is 1.72. The third-order valence-electron chi connectivity index (χ3n) is 1.72. The zero-order valence-electron chi connectivity index (χ0n) is 7.23. The quantitative estimate of drug-likeness (QED) is 0.663. The van der Waals surface area contributed by atoms with Crippen molar-refractivity contribution in [2.45, 2.75) is 19.8 Å². The molecule has 0 fully saturated rings. The van der Waals surface area contributed by atoms with Crippen molar-refractivity contribution in [3.8, 4) is 6.07 Å². The summed E-state index contributed by atoms with van der Waals surface area (Å²) in [6.07, 6.45) is 1.61. The Hall–Kier alpha value is -1.43. The summed E-state index contributed by atoms with van der Waals surface area (Å²) >= 11 is 0. The predicted octanol–water partition coefficient (Wildman–Crippen LogP) is 1.74. The molecule has 0 aliphatic carbocycles. The monoisotopic (exact) mass is 161 g/mol. The van der Waals surface area contributed by atoms with E-state index in [0.717, 1.165) is 5.69 Å².